The molecule has 1 rings (SSSR count). The topological polar surface area (TPSA) is 0 Å². The Hall–Kier alpha value is 1.01. The molecule has 0 aromatic carbocycles. The molecule has 68 valence electrons. The van der Waals surface area contributed by atoms with Crippen LogP contribution in [-0.4, -0.2) is 5.75 Å². The van der Waals surface area contributed by atoms with Gasteiger partial charge in [0.1, 0.15) is 0 Å². The summed E-state index contributed by atoms with van der Waals surface area (Å²) < 4.78 is 3.86. The summed E-state index contributed by atoms with van der Waals surface area (Å²) in [6, 6.07) is 0. The summed E-state index contributed by atoms with van der Waals surface area (Å²) in [7, 11) is 0. The van der Waals surface area contributed by atoms with Crippen LogP contribution in [0.25, 0.3) is 0 Å². The van der Waals surface area contributed by atoms with Crippen LogP contribution < -0.4 is 0 Å². The summed E-state index contributed by atoms with van der Waals surface area (Å²) in [5.41, 5.74) is 0. The molecule has 0 aliphatic carbocycles. The van der Waals surface area contributed by atoms with Gasteiger partial charge in [0.25, 0.3) is 0 Å². The average Bonchev–Trinajstić information content (AvgIpc) is 2.33. The molecule has 0 fully saturated rings. The van der Waals surface area contributed by atoms with Crippen LogP contribution in [-0.2, 0) is 6.42 Å². The molecule has 0 saturated carbocycles. The lowest BCUT2D eigenvalue weighted by atomic mass is 10.4. The van der Waals surface area contributed by atoms with Gasteiger partial charge >= 0.3 is 0 Å². The van der Waals surface area contributed by atoms with Crippen LogP contribution in [0.3, 0.4) is 0 Å². The molecule has 0 amide bonds. The first kappa shape index (κ1) is 11.1. The van der Waals surface area contributed by atoms with Gasteiger partial charge in [0.2, 0.25) is 0 Å². The molecule has 0 nitrogen and oxygen atoms in total. The molecule has 12 heavy (non-hydrogen) atoms. The van der Waals surface area contributed by atoms with Gasteiger partial charge in [-0.25, -0.2) is 0 Å². The minimum absolute atomic E-state index is 1.11. The molecule has 0 spiro atoms. The highest BCUT2D eigenvalue weighted by Gasteiger charge is 2.12. The smallest absolute Gasteiger partial charge is 0.0755 e. The molecule has 0 aliphatic heterocycles. The molecule has 0 unspecified atom stereocenters. The number of rotatable bonds is 3. The molecule has 0 bridgehead atoms. The summed E-state index contributed by atoms with van der Waals surface area (Å²) in [6.45, 7) is 4.36. The molecule has 4 heteroatoms. The maximum atomic E-state index is 3.59. The number of hydrogen-bond donors (Lipinski definition) is 0. The van der Waals surface area contributed by atoms with E-state index in [4.69, 9.17) is 0 Å². The highest BCUT2D eigenvalue weighted by atomic mass is 79.9. The second-order valence-electron chi connectivity index (χ2n) is 2.23. The molecular formula is C8H10Br2S2. The predicted molar refractivity (Wildman–Crippen MR) is 65.5 cm³/mol. The first-order valence-electron chi connectivity index (χ1n) is 3.80. The number of thiophene rings is 1. The van der Waals surface area contributed by atoms with Crippen molar-refractivity contribution in [2.45, 2.75) is 24.5 Å². The third-order valence-corrected chi connectivity index (χ3v) is 6.90. The van der Waals surface area contributed by atoms with Gasteiger partial charge in [-0.05, 0) is 44.0 Å². The van der Waals surface area contributed by atoms with E-state index in [0.717, 1.165) is 12.2 Å². The minimum atomic E-state index is 1.11. The Morgan fingerprint density at radius 2 is 1.92 bits per heavy atom. The zero-order chi connectivity index (χ0) is 9.14. The van der Waals surface area contributed by atoms with Crippen molar-refractivity contribution >= 4 is 55.0 Å². The molecule has 0 aliphatic rings. The van der Waals surface area contributed by atoms with E-state index in [-0.39, 0.29) is 0 Å². The second-order valence-corrected chi connectivity index (χ2v) is 6.45. The van der Waals surface area contributed by atoms with Gasteiger partial charge in [0.05, 0.1) is 8.68 Å². The van der Waals surface area contributed by atoms with E-state index in [0.29, 0.717) is 0 Å². The number of halogens is 2. The summed E-state index contributed by atoms with van der Waals surface area (Å²) in [5, 5.41) is 0. The predicted octanol–water partition coefficient (Wildman–Crippen LogP) is 4.95. The normalized spacial score (nSPS) is 10.7. The van der Waals surface area contributed by atoms with Gasteiger partial charge < -0.3 is 0 Å². The van der Waals surface area contributed by atoms with Crippen molar-refractivity contribution < 1.29 is 0 Å². The molecule has 1 aromatic heterocycles. The van der Waals surface area contributed by atoms with Crippen LogP contribution in [0.2, 0.25) is 0 Å². The minimum Gasteiger partial charge on any atom is -0.131 e. The molecule has 0 N–H and O–H groups in total. The van der Waals surface area contributed by atoms with Gasteiger partial charge in [-0.1, -0.05) is 13.8 Å². The quantitative estimate of drug-likeness (QED) is 0.707. The molecule has 0 atom stereocenters. The number of hydrogen-bond acceptors (Lipinski definition) is 2. The van der Waals surface area contributed by atoms with Crippen molar-refractivity contribution in [3.05, 3.63) is 13.8 Å². The zero-order valence-electron chi connectivity index (χ0n) is 6.99. The van der Waals surface area contributed by atoms with Crippen molar-refractivity contribution in [2.24, 2.45) is 0 Å². The lowest BCUT2D eigenvalue weighted by molar-refractivity contribution is 1.17. The van der Waals surface area contributed by atoms with E-state index in [1.54, 1.807) is 0 Å². The van der Waals surface area contributed by atoms with Crippen molar-refractivity contribution in [1.82, 2.24) is 0 Å². The molecule has 1 aromatic rings. The molecular weight excluding hydrogens is 320 g/mol. The third kappa shape index (κ3) is 2.28. The fraction of sp³-hybridized carbons (Fsp3) is 0.500. The Kier molecular flexibility index (Phi) is 4.65. The van der Waals surface area contributed by atoms with Gasteiger partial charge in [-0.15, -0.1) is 23.1 Å². The molecule has 1 heterocycles. The highest BCUT2D eigenvalue weighted by Crippen LogP contribution is 2.43. The number of thioether (sulfide) groups is 1. The lowest BCUT2D eigenvalue weighted by Gasteiger charge is -1.92. The van der Waals surface area contributed by atoms with Crippen LogP contribution in [0.1, 0.15) is 18.7 Å². The summed E-state index contributed by atoms with van der Waals surface area (Å²) in [5.74, 6) is 1.13. The Morgan fingerprint density at radius 1 is 1.25 bits per heavy atom. The number of aryl methyl sites for hydroxylation is 1. The van der Waals surface area contributed by atoms with Crippen molar-refractivity contribution in [3.8, 4) is 0 Å². The maximum Gasteiger partial charge on any atom is 0.0755 e. The fourth-order valence-electron chi connectivity index (χ4n) is 0.865. The van der Waals surface area contributed by atoms with Gasteiger partial charge in [-0.3, -0.25) is 0 Å². The Bertz CT molecular complexity index is 268. The standard InChI is InChI=1S/C8H10Br2S2/c1-3-5-6(9)7(10)8(12-5)11-4-2/h3-4H2,1-2H3. The SMILES string of the molecule is CCSc1sc(CC)c(Br)c1Br. The highest BCUT2D eigenvalue weighted by molar-refractivity contribution is 9.13. The largest absolute Gasteiger partial charge is 0.131 e. The third-order valence-electron chi connectivity index (χ3n) is 1.43. The van der Waals surface area contributed by atoms with Gasteiger partial charge in [-0.2, -0.15) is 0 Å². The summed E-state index contributed by atoms with van der Waals surface area (Å²) >= 11 is 10.9. The summed E-state index contributed by atoms with van der Waals surface area (Å²) in [6.07, 6.45) is 1.11. The Balaban J connectivity index is 2.98. The van der Waals surface area contributed by atoms with Crippen LogP contribution in [0.5, 0.6) is 0 Å². The van der Waals surface area contributed by atoms with Crippen molar-refractivity contribution in [2.75, 3.05) is 5.75 Å². The van der Waals surface area contributed by atoms with E-state index >= 15 is 0 Å². The monoisotopic (exact) mass is 328 g/mol. The maximum absolute atomic E-state index is 3.59. The van der Waals surface area contributed by atoms with Crippen LogP contribution in [0.4, 0.5) is 0 Å². The Morgan fingerprint density at radius 3 is 2.33 bits per heavy atom. The average molecular weight is 330 g/mol. The van der Waals surface area contributed by atoms with Gasteiger partial charge in [0.15, 0.2) is 0 Å². The van der Waals surface area contributed by atoms with Crippen LogP contribution in [0.15, 0.2) is 13.2 Å². The second kappa shape index (κ2) is 5.03. The van der Waals surface area contributed by atoms with Crippen LogP contribution in [0, 0.1) is 0 Å². The van der Waals surface area contributed by atoms with Crippen molar-refractivity contribution in [3.63, 3.8) is 0 Å². The van der Waals surface area contributed by atoms with Gasteiger partial charge in [0, 0.05) is 9.35 Å². The first-order chi connectivity index (χ1) is 5.70. The zero-order valence-corrected chi connectivity index (χ0v) is 11.8. The fourth-order valence-corrected chi connectivity index (χ4v) is 4.94. The van der Waals surface area contributed by atoms with E-state index in [2.05, 4.69) is 45.7 Å². The first-order valence-corrected chi connectivity index (χ1v) is 7.18. The van der Waals surface area contributed by atoms with E-state index < -0.39 is 0 Å². The molecule has 0 radical (unpaired) electrons. The lowest BCUT2D eigenvalue weighted by Crippen LogP contribution is -1.70. The van der Waals surface area contributed by atoms with Crippen LogP contribution >= 0.6 is 55.0 Å². The Labute approximate surface area is 98.4 Å². The van der Waals surface area contributed by atoms with E-state index in [1.807, 2.05) is 23.1 Å². The van der Waals surface area contributed by atoms with E-state index in [9.17, 15) is 0 Å². The molecule has 0 saturated heterocycles. The van der Waals surface area contributed by atoms with Crippen molar-refractivity contribution in [1.29, 1.82) is 0 Å². The van der Waals surface area contributed by atoms with E-state index in [1.165, 1.54) is 18.0 Å². The summed E-state index contributed by atoms with van der Waals surface area (Å²) in [4.78, 5) is 1.43.